The van der Waals surface area contributed by atoms with E-state index < -0.39 is 17.6 Å². The molecule has 37 heavy (non-hydrogen) atoms. The van der Waals surface area contributed by atoms with E-state index in [0.29, 0.717) is 38.3 Å². The maximum atomic E-state index is 13.9. The molecule has 1 aliphatic carbocycles. The Kier molecular flexibility index (Phi) is 7.49. The largest absolute Gasteiger partial charge is 0.459 e. The molecule has 3 amide bonds. The van der Waals surface area contributed by atoms with E-state index in [0.717, 1.165) is 42.4 Å². The van der Waals surface area contributed by atoms with E-state index in [-0.39, 0.29) is 24.9 Å². The summed E-state index contributed by atoms with van der Waals surface area (Å²) in [6.45, 7) is 1.08. The van der Waals surface area contributed by atoms with Gasteiger partial charge in [0.2, 0.25) is 5.91 Å². The molecular weight excluding hydrogens is 466 g/mol. The Morgan fingerprint density at radius 1 is 0.973 bits per heavy atom. The predicted molar refractivity (Wildman–Crippen MR) is 140 cm³/mol. The van der Waals surface area contributed by atoms with E-state index in [9.17, 15) is 14.4 Å². The first-order chi connectivity index (χ1) is 18.0. The van der Waals surface area contributed by atoms with Crippen LogP contribution in [0.15, 0.2) is 54.6 Å². The molecule has 2 aliphatic heterocycles. The van der Waals surface area contributed by atoms with Crippen LogP contribution in [0.4, 0.5) is 4.79 Å². The number of amides is 3. The highest BCUT2D eigenvalue weighted by Gasteiger charge is 2.52. The molecule has 3 aliphatic rings. The van der Waals surface area contributed by atoms with Gasteiger partial charge in [-0.1, -0.05) is 86.7 Å². The van der Waals surface area contributed by atoms with Gasteiger partial charge in [0, 0.05) is 13.1 Å². The van der Waals surface area contributed by atoms with Crippen LogP contribution in [0.2, 0.25) is 0 Å². The van der Waals surface area contributed by atoms with Crippen molar-refractivity contribution in [3.05, 3.63) is 71.3 Å². The average Bonchev–Trinajstić information content (AvgIpc) is 2.92. The SMILES string of the molecule is NC(=O)N1CCC2(CC1)c1ccccc1CC(=O)N2[C@@H](CC1CCCCC1)C(=O)OCc1ccccc1. The third-order valence-corrected chi connectivity index (χ3v) is 8.58. The van der Waals surface area contributed by atoms with Gasteiger partial charge >= 0.3 is 12.0 Å². The van der Waals surface area contributed by atoms with Crippen LogP contribution < -0.4 is 5.73 Å². The fraction of sp³-hybridized carbons (Fsp3) is 0.500. The summed E-state index contributed by atoms with van der Waals surface area (Å²) in [5.74, 6) is 0.0123. The van der Waals surface area contributed by atoms with Crippen molar-refractivity contribution >= 4 is 17.9 Å². The molecule has 2 aromatic rings. The van der Waals surface area contributed by atoms with Gasteiger partial charge in [0.05, 0.1) is 12.0 Å². The van der Waals surface area contributed by atoms with Crippen molar-refractivity contribution in [1.29, 1.82) is 0 Å². The Morgan fingerprint density at radius 2 is 1.65 bits per heavy atom. The molecule has 2 heterocycles. The number of carbonyl (C=O) groups is 3. The monoisotopic (exact) mass is 503 g/mol. The summed E-state index contributed by atoms with van der Waals surface area (Å²) in [4.78, 5) is 43.2. The highest BCUT2D eigenvalue weighted by atomic mass is 16.5. The third-order valence-electron chi connectivity index (χ3n) is 8.58. The van der Waals surface area contributed by atoms with Gasteiger partial charge in [-0.25, -0.2) is 9.59 Å². The van der Waals surface area contributed by atoms with Crippen LogP contribution in [0.1, 0.15) is 68.1 Å². The zero-order chi connectivity index (χ0) is 25.8. The predicted octanol–water partition coefficient (Wildman–Crippen LogP) is 4.52. The number of hydrogen-bond donors (Lipinski definition) is 1. The van der Waals surface area contributed by atoms with Crippen LogP contribution in [0.3, 0.4) is 0 Å². The summed E-state index contributed by atoms with van der Waals surface area (Å²) in [5.41, 5.74) is 7.95. The van der Waals surface area contributed by atoms with Crippen molar-refractivity contribution in [2.45, 2.75) is 76.0 Å². The molecule has 2 fully saturated rings. The minimum absolute atomic E-state index is 0.0382. The summed E-state index contributed by atoms with van der Waals surface area (Å²) in [7, 11) is 0. The Morgan fingerprint density at radius 3 is 2.35 bits per heavy atom. The quantitative estimate of drug-likeness (QED) is 0.587. The second-order valence-corrected chi connectivity index (χ2v) is 10.8. The van der Waals surface area contributed by atoms with E-state index in [4.69, 9.17) is 10.5 Å². The van der Waals surface area contributed by atoms with Crippen LogP contribution in [-0.4, -0.2) is 46.8 Å². The number of ether oxygens (including phenoxy) is 1. The Bertz CT molecular complexity index is 1120. The number of nitrogens with two attached hydrogens (primary N) is 1. The van der Waals surface area contributed by atoms with Crippen molar-refractivity contribution in [3.63, 3.8) is 0 Å². The fourth-order valence-corrected chi connectivity index (χ4v) is 6.69. The number of esters is 1. The van der Waals surface area contributed by atoms with Crippen LogP contribution >= 0.6 is 0 Å². The summed E-state index contributed by atoms with van der Waals surface area (Å²) in [5, 5.41) is 0. The highest BCUT2D eigenvalue weighted by molar-refractivity contribution is 5.88. The summed E-state index contributed by atoms with van der Waals surface area (Å²) in [6, 6.07) is 16.6. The van der Waals surface area contributed by atoms with E-state index in [1.165, 1.54) is 6.42 Å². The summed E-state index contributed by atoms with van der Waals surface area (Å²) < 4.78 is 5.90. The molecule has 196 valence electrons. The molecule has 0 unspecified atom stereocenters. The van der Waals surface area contributed by atoms with Gasteiger partial charge in [0.15, 0.2) is 0 Å². The summed E-state index contributed by atoms with van der Waals surface area (Å²) >= 11 is 0. The van der Waals surface area contributed by atoms with Crippen LogP contribution in [0, 0.1) is 5.92 Å². The number of primary amides is 1. The van der Waals surface area contributed by atoms with Crippen molar-refractivity contribution < 1.29 is 19.1 Å². The van der Waals surface area contributed by atoms with E-state index in [1.54, 1.807) is 4.90 Å². The number of fused-ring (bicyclic) bond motifs is 2. The number of carbonyl (C=O) groups excluding carboxylic acids is 3. The van der Waals surface area contributed by atoms with Gasteiger partial charge < -0.3 is 20.3 Å². The Hall–Kier alpha value is -3.35. The maximum Gasteiger partial charge on any atom is 0.329 e. The molecule has 0 radical (unpaired) electrons. The molecular formula is C30H37N3O4. The minimum Gasteiger partial charge on any atom is -0.459 e. The standard InChI is InChI=1S/C30H37N3O4/c31-29(36)32-17-15-30(16-18-32)25-14-8-7-13-24(25)20-27(34)33(30)26(19-22-9-3-1-4-10-22)28(35)37-21-23-11-5-2-6-12-23/h2,5-8,11-14,22,26H,1,3-4,9-10,15-21H2,(H2,31,36)/t26-/m0/s1. The topological polar surface area (TPSA) is 92.9 Å². The molecule has 7 nitrogen and oxygen atoms in total. The number of nitrogens with zero attached hydrogens (tertiary/aromatic N) is 2. The average molecular weight is 504 g/mol. The molecule has 1 saturated carbocycles. The normalized spacial score (nSPS) is 20.4. The van der Waals surface area contributed by atoms with Crippen LogP contribution in [0.25, 0.3) is 0 Å². The zero-order valence-electron chi connectivity index (χ0n) is 21.4. The van der Waals surface area contributed by atoms with Gasteiger partial charge in [-0.05, 0) is 41.9 Å². The van der Waals surface area contributed by atoms with Gasteiger partial charge in [0.25, 0.3) is 0 Å². The third kappa shape index (κ3) is 5.22. The molecule has 7 heteroatoms. The van der Waals surface area contributed by atoms with Crippen molar-refractivity contribution in [3.8, 4) is 0 Å². The molecule has 0 bridgehead atoms. The van der Waals surface area contributed by atoms with Crippen molar-refractivity contribution in [1.82, 2.24) is 9.80 Å². The maximum absolute atomic E-state index is 13.9. The Balaban J connectivity index is 1.50. The van der Waals surface area contributed by atoms with Gasteiger partial charge in [-0.3, -0.25) is 4.79 Å². The lowest BCUT2D eigenvalue weighted by molar-refractivity contribution is -0.166. The number of urea groups is 1. The number of hydrogen-bond acceptors (Lipinski definition) is 4. The molecule has 2 aromatic carbocycles. The van der Waals surface area contributed by atoms with Crippen molar-refractivity contribution in [2.24, 2.45) is 11.7 Å². The second kappa shape index (κ2) is 11.0. The number of benzene rings is 2. The minimum atomic E-state index is -0.664. The number of rotatable bonds is 6. The highest BCUT2D eigenvalue weighted by Crippen LogP contribution is 2.46. The first-order valence-corrected chi connectivity index (χ1v) is 13.6. The number of piperidine rings is 1. The number of likely N-dealkylation sites (tertiary alicyclic amines) is 1. The lowest BCUT2D eigenvalue weighted by Gasteiger charge is -2.54. The Labute approximate surface area is 218 Å². The van der Waals surface area contributed by atoms with Crippen molar-refractivity contribution in [2.75, 3.05) is 13.1 Å². The first kappa shape index (κ1) is 25.3. The van der Waals surface area contributed by atoms with E-state index in [1.807, 2.05) is 53.4 Å². The molecule has 2 N–H and O–H groups in total. The lowest BCUT2D eigenvalue weighted by atomic mass is 9.72. The molecule has 5 rings (SSSR count). The fourth-order valence-electron chi connectivity index (χ4n) is 6.69. The first-order valence-electron chi connectivity index (χ1n) is 13.6. The second-order valence-electron chi connectivity index (χ2n) is 10.8. The van der Waals surface area contributed by atoms with E-state index >= 15 is 0 Å². The van der Waals surface area contributed by atoms with Crippen LogP contribution in [0.5, 0.6) is 0 Å². The molecule has 1 saturated heterocycles. The van der Waals surface area contributed by atoms with Crippen LogP contribution in [-0.2, 0) is 32.9 Å². The molecule has 1 spiro atoms. The van der Waals surface area contributed by atoms with Gasteiger partial charge in [-0.15, -0.1) is 0 Å². The molecule has 1 atom stereocenters. The molecule has 0 aromatic heterocycles. The summed E-state index contributed by atoms with van der Waals surface area (Å²) in [6.07, 6.45) is 7.67. The van der Waals surface area contributed by atoms with E-state index in [2.05, 4.69) is 6.07 Å². The van der Waals surface area contributed by atoms with Gasteiger partial charge in [-0.2, -0.15) is 0 Å². The smallest absolute Gasteiger partial charge is 0.329 e. The van der Waals surface area contributed by atoms with Gasteiger partial charge in [0.1, 0.15) is 12.6 Å². The lowest BCUT2D eigenvalue weighted by Crippen LogP contribution is -2.64. The zero-order valence-corrected chi connectivity index (χ0v) is 21.4.